The number of nitrogens with zero attached hydrogens (tertiary/aromatic N) is 4. The molecule has 10 nitrogen and oxygen atoms in total. The number of carbonyl (C=O) groups is 2. The Hall–Kier alpha value is -4.43. The first-order valence-corrected chi connectivity index (χ1v) is 19.5. The van der Waals surface area contributed by atoms with Gasteiger partial charge < -0.3 is 19.4 Å². The molecule has 4 fully saturated rings. The summed E-state index contributed by atoms with van der Waals surface area (Å²) >= 11 is 1.65. The van der Waals surface area contributed by atoms with E-state index in [-0.39, 0.29) is 29.1 Å². The van der Waals surface area contributed by atoms with Gasteiger partial charge in [0.1, 0.15) is 22.9 Å². The molecule has 2 saturated carbocycles. The van der Waals surface area contributed by atoms with Crippen molar-refractivity contribution in [3.63, 3.8) is 0 Å². The van der Waals surface area contributed by atoms with Gasteiger partial charge in [0.15, 0.2) is 4.87 Å². The van der Waals surface area contributed by atoms with E-state index in [1.54, 1.807) is 11.8 Å². The molecule has 2 unspecified atom stereocenters. The number of fused-ring (bicyclic) bond motifs is 1. The number of thioether (sulfide) groups is 1. The lowest BCUT2D eigenvalue weighted by atomic mass is 10.0. The van der Waals surface area contributed by atoms with Crippen LogP contribution in [0.25, 0.3) is 22.3 Å². The first kappa shape index (κ1) is 34.6. The second-order valence-electron chi connectivity index (χ2n) is 17.4. The van der Waals surface area contributed by atoms with Crippen LogP contribution in [0.1, 0.15) is 109 Å². The fraction of sp³-hybridized carbons (Fsp3) is 0.512. The van der Waals surface area contributed by atoms with Crippen LogP contribution in [0.5, 0.6) is 0 Å². The Morgan fingerprint density at radius 1 is 0.865 bits per heavy atom. The zero-order valence-electron chi connectivity index (χ0n) is 31.2. The first-order chi connectivity index (χ1) is 24.6. The van der Waals surface area contributed by atoms with Crippen LogP contribution in [0.4, 0.5) is 9.59 Å². The van der Waals surface area contributed by atoms with Crippen molar-refractivity contribution in [3.05, 3.63) is 71.4 Å². The molecule has 52 heavy (non-hydrogen) atoms. The van der Waals surface area contributed by atoms with Crippen molar-refractivity contribution in [2.45, 2.75) is 102 Å². The standard InChI is InChI=1S/C41H48N6O4S/c1-37(2,3)50-35(48)46-24-39(16-17-39)21-32(46)33-42-22-31(43-33)28-13-10-26(11-14-28)8-9-27-12-15-29-30(20-27)45-34(44-29)41(52-7)23-40(18-19-40)25-47(41)36(49)51-38(4,5)6/h10-15,20,22,32H,16-19,21,23-25H2,1-7H3,(H,42,43)(H,44,45). The normalized spacial score (nSPS) is 22.9. The summed E-state index contributed by atoms with van der Waals surface area (Å²) in [5.41, 5.74) is 4.63. The van der Waals surface area contributed by atoms with E-state index >= 15 is 0 Å². The number of aromatic amines is 2. The zero-order chi connectivity index (χ0) is 36.7. The van der Waals surface area contributed by atoms with E-state index < -0.39 is 16.1 Å². The monoisotopic (exact) mass is 720 g/mol. The van der Waals surface area contributed by atoms with Crippen molar-refractivity contribution in [2.75, 3.05) is 19.3 Å². The minimum absolute atomic E-state index is 0.122. The molecule has 2 atom stereocenters. The van der Waals surface area contributed by atoms with Crippen molar-refractivity contribution < 1.29 is 19.1 Å². The molecule has 4 aliphatic rings. The number of H-pyrrole nitrogens is 2. The zero-order valence-corrected chi connectivity index (χ0v) is 32.0. The van der Waals surface area contributed by atoms with Gasteiger partial charge in [-0.1, -0.05) is 24.0 Å². The quantitative estimate of drug-likeness (QED) is 0.203. The number of hydrogen-bond donors (Lipinski definition) is 2. The molecule has 2 aromatic carbocycles. The van der Waals surface area contributed by atoms with E-state index in [0.29, 0.717) is 6.54 Å². The number of imidazole rings is 2. The predicted molar refractivity (Wildman–Crippen MR) is 202 cm³/mol. The second kappa shape index (κ2) is 12.1. The van der Waals surface area contributed by atoms with E-state index in [2.05, 4.69) is 28.1 Å². The van der Waals surface area contributed by atoms with Crippen molar-refractivity contribution in [1.29, 1.82) is 0 Å². The topological polar surface area (TPSA) is 116 Å². The minimum Gasteiger partial charge on any atom is -0.444 e. The molecule has 272 valence electrons. The van der Waals surface area contributed by atoms with Crippen LogP contribution in [-0.2, 0) is 14.3 Å². The highest BCUT2D eigenvalue weighted by molar-refractivity contribution is 7.99. The van der Waals surface area contributed by atoms with Gasteiger partial charge in [0.05, 0.1) is 29.0 Å². The fourth-order valence-electron chi connectivity index (χ4n) is 7.81. The summed E-state index contributed by atoms with van der Waals surface area (Å²) in [4.78, 5) is 46.5. The summed E-state index contributed by atoms with van der Waals surface area (Å²) in [7, 11) is 0. The molecule has 2 spiro atoms. The van der Waals surface area contributed by atoms with Crippen molar-refractivity contribution in [3.8, 4) is 23.1 Å². The van der Waals surface area contributed by atoms with Crippen LogP contribution in [0, 0.1) is 22.7 Å². The average Bonchev–Trinajstić information content (AvgIpc) is 3.70. The Balaban J connectivity index is 0.983. The number of rotatable bonds is 4. The SMILES string of the molecule is CSC1(c2nc3ccc(C#Cc4ccc(-c5cnc(C6CC7(CC7)CN6C(=O)OC(C)(C)C)[nH]5)cc4)cc3[nH]2)CC2(CC2)CN1C(=O)OC(C)(C)C. The number of ether oxygens (including phenoxy) is 2. The number of nitrogens with one attached hydrogen (secondary N) is 2. The molecule has 4 aromatic rings. The first-order valence-electron chi connectivity index (χ1n) is 18.3. The van der Waals surface area contributed by atoms with Gasteiger partial charge in [-0.05, 0) is 133 Å². The maximum Gasteiger partial charge on any atom is 0.411 e. The van der Waals surface area contributed by atoms with Crippen LogP contribution >= 0.6 is 11.8 Å². The highest BCUT2D eigenvalue weighted by Crippen LogP contribution is 2.64. The lowest BCUT2D eigenvalue weighted by Gasteiger charge is -2.36. The van der Waals surface area contributed by atoms with E-state index in [4.69, 9.17) is 19.4 Å². The van der Waals surface area contributed by atoms with Gasteiger partial charge in [-0.2, -0.15) is 0 Å². The van der Waals surface area contributed by atoms with Gasteiger partial charge in [-0.3, -0.25) is 9.80 Å². The van der Waals surface area contributed by atoms with Crippen molar-refractivity contribution >= 4 is 35.0 Å². The Labute approximate surface area is 309 Å². The summed E-state index contributed by atoms with van der Waals surface area (Å²) in [6, 6.07) is 14.0. The molecule has 2 aliphatic carbocycles. The lowest BCUT2D eigenvalue weighted by molar-refractivity contribution is 0.0175. The Morgan fingerprint density at radius 3 is 2.17 bits per heavy atom. The van der Waals surface area contributed by atoms with Gasteiger partial charge in [-0.15, -0.1) is 11.8 Å². The van der Waals surface area contributed by atoms with Crippen LogP contribution < -0.4 is 0 Å². The number of hydrogen-bond acceptors (Lipinski definition) is 7. The summed E-state index contributed by atoms with van der Waals surface area (Å²) in [6.07, 6.45) is 9.62. The largest absolute Gasteiger partial charge is 0.444 e. The molecule has 11 heteroatoms. The number of amides is 2. The summed E-state index contributed by atoms with van der Waals surface area (Å²) in [5.74, 6) is 8.21. The van der Waals surface area contributed by atoms with E-state index in [1.807, 2.05) is 100 Å². The lowest BCUT2D eigenvalue weighted by Crippen LogP contribution is -2.45. The summed E-state index contributed by atoms with van der Waals surface area (Å²) in [5, 5.41) is 0. The van der Waals surface area contributed by atoms with Gasteiger partial charge in [0.25, 0.3) is 0 Å². The predicted octanol–water partition coefficient (Wildman–Crippen LogP) is 8.75. The molecule has 0 radical (unpaired) electrons. The number of carbonyl (C=O) groups excluding carboxylic acids is 2. The van der Waals surface area contributed by atoms with E-state index in [0.717, 1.165) is 90.1 Å². The maximum atomic E-state index is 13.5. The molecule has 0 bridgehead atoms. The Bertz CT molecular complexity index is 2100. The molecular weight excluding hydrogens is 673 g/mol. The van der Waals surface area contributed by atoms with Gasteiger partial charge >= 0.3 is 12.2 Å². The Morgan fingerprint density at radius 2 is 1.52 bits per heavy atom. The number of benzene rings is 2. The molecule has 2 saturated heterocycles. The summed E-state index contributed by atoms with van der Waals surface area (Å²) in [6.45, 7) is 12.8. The smallest absolute Gasteiger partial charge is 0.411 e. The van der Waals surface area contributed by atoms with Crippen molar-refractivity contribution in [2.24, 2.45) is 10.8 Å². The molecule has 2 aliphatic heterocycles. The third kappa shape index (κ3) is 6.66. The van der Waals surface area contributed by atoms with Crippen LogP contribution in [0.15, 0.2) is 48.7 Å². The van der Waals surface area contributed by atoms with E-state index in [9.17, 15) is 9.59 Å². The van der Waals surface area contributed by atoms with Crippen LogP contribution in [-0.4, -0.2) is 72.5 Å². The van der Waals surface area contributed by atoms with E-state index in [1.165, 1.54) is 0 Å². The second-order valence-corrected chi connectivity index (χ2v) is 18.5. The highest BCUT2D eigenvalue weighted by Gasteiger charge is 2.63. The van der Waals surface area contributed by atoms with Crippen molar-refractivity contribution in [1.82, 2.24) is 29.7 Å². The molecular formula is C41H48N6O4S. The molecule has 4 heterocycles. The average molecular weight is 721 g/mol. The molecule has 2 N–H and O–H groups in total. The van der Waals surface area contributed by atoms with Crippen LogP contribution in [0.3, 0.4) is 0 Å². The Kier molecular flexibility index (Phi) is 8.03. The van der Waals surface area contributed by atoms with Gasteiger partial charge in [-0.25, -0.2) is 19.6 Å². The fourth-order valence-corrected chi connectivity index (χ4v) is 8.91. The third-order valence-electron chi connectivity index (χ3n) is 10.9. The third-order valence-corrected chi connectivity index (χ3v) is 12.1. The molecule has 8 rings (SSSR count). The number of aromatic nitrogens is 4. The molecule has 2 amide bonds. The highest BCUT2D eigenvalue weighted by atomic mass is 32.2. The maximum absolute atomic E-state index is 13.5. The molecule has 2 aromatic heterocycles. The number of likely N-dealkylation sites (tertiary alicyclic amines) is 2. The van der Waals surface area contributed by atoms with Gasteiger partial charge in [0, 0.05) is 24.2 Å². The minimum atomic E-state index is -0.616. The summed E-state index contributed by atoms with van der Waals surface area (Å²) < 4.78 is 11.6. The van der Waals surface area contributed by atoms with Gasteiger partial charge in [0.2, 0.25) is 0 Å². The van der Waals surface area contributed by atoms with Crippen LogP contribution in [0.2, 0.25) is 0 Å².